The number of allylic oxidation sites excluding steroid dienone is 3. The van der Waals surface area contributed by atoms with Crippen LogP contribution in [0.2, 0.25) is 0 Å². The molecule has 0 spiro atoms. The van der Waals surface area contributed by atoms with Crippen LogP contribution in [-0.4, -0.2) is 0 Å². The van der Waals surface area contributed by atoms with Crippen LogP contribution >= 0.6 is 0 Å². The highest BCUT2D eigenvalue weighted by Crippen LogP contribution is 2.28. The Labute approximate surface area is 103 Å². The van der Waals surface area contributed by atoms with E-state index in [0.717, 1.165) is 12.8 Å². The van der Waals surface area contributed by atoms with Gasteiger partial charge in [-0.05, 0) is 24.3 Å². The summed E-state index contributed by atoms with van der Waals surface area (Å²) in [6, 6.07) is 10.6. The number of hydrogen-bond acceptors (Lipinski definition) is 2. The Kier molecular flexibility index (Phi) is 4.13. The van der Waals surface area contributed by atoms with Crippen molar-refractivity contribution in [1.82, 2.24) is 5.43 Å². The van der Waals surface area contributed by atoms with Crippen molar-refractivity contribution in [3.8, 4) is 0 Å². The first-order valence-corrected chi connectivity index (χ1v) is 6.18. The van der Waals surface area contributed by atoms with Gasteiger partial charge in [0.25, 0.3) is 0 Å². The maximum absolute atomic E-state index is 5.67. The number of hydrazine groups is 1. The first-order chi connectivity index (χ1) is 8.31. The summed E-state index contributed by atoms with van der Waals surface area (Å²) in [6.45, 7) is 2.27. The zero-order valence-corrected chi connectivity index (χ0v) is 10.3. The lowest BCUT2D eigenvalue weighted by atomic mass is 9.87. The van der Waals surface area contributed by atoms with E-state index in [1.807, 2.05) is 6.07 Å². The quantitative estimate of drug-likeness (QED) is 0.614. The third-order valence-corrected chi connectivity index (χ3v) is 3.41. The van der Waals surface area contributed by atoms with E-state index in [4.69, 9.17) is 5.84 Å². The fourth-order valence-corrected chi connectivity index (χ4v) is 2.25. The summed E-state index contributed by atoms with van der Waals surface area (Å²) < 4.78 is 0. The van der Waals surface area contributed by atoms with Crippen molar-refractivity contribution >= 4 is 0 Å². The second-order valence-electron chi connectivity index (χ2n) is 4.64. The molecule has 0 heterocycles. The van der Waals surface area contributed by atoms with E-state index in [-0.39, 0.29) is 6.04 Å². The fraction of sp³-hybridized carbons (Fsp3) is 0.333. The Balaban J connectivity index is 2.10. The molecule has 0 saturated carbocycles. The van der Waals surface area contributed by atoms with Gasteiger partial charge in [0, 0.05) is 6.04 Å². The van der Waals surface area contributed by atoms with E-state index >= 15 is 0 Å². The topological polar surface area (TPSA) is 38.0 Å². The summed E-state index contributed by atoms with van der Waals surface area (Å²) in [4.78, 5) is 0. The summed E-state index contributed by atoms with van der Waals surface area (Å²) in [6.07, 6.45) is 8.71. The molecular weight excluding hydrogens is 208 g/mol. The maximum atomic E-state index is 5.67. The van der Waals surface area contributed by atoms with Crippen LogP contribution in [0.1, 0.15) is 31.4 Å². The normalized spacial score (nSPS) is 21.1. The molecule has 0 saturated heterocycles. The molecule has 1 aromatic carbocycles. The Morgan fingerprint density at radius 1 is 1.35 bits per heavy atom. The van der Waals surface area contributed by atoms with Crippen LogP contribution < -0.4 is 11.3 Å². The molecule has 2 heteroatoms. The predicted molar refractivity (Wildman–Crippen MR) is 72.1 cm³/mol. The predicted octanol–water partition coefficient (Wildman–Crippen LogP) is 3.10. The SMILES string of the molecule is CC1CC=CC=C1C[C@H](NN)c1ccccc1. The lowest BCUT2D eigenvalue weighted by Gasteiger charge is -2.23. The highest BCUT2D eigenvalue weighted by molar-refractivity contribution is 5.25. The van der Waals surface area contributed by atoms with Crippen LogP contribution in [0.25, 0.3) is 0 Å². The Bertz CT molecular complexity index is 406. The third kappa shape index (κ3) is 3.05. The summed E-state index contributed by atoms with van der Waals surface area (Å²) >= 11 is 0. The number of rotatable bonds is 4. The molecule has 1 aliphatic carbocycles. The minimum atomic E-state index is 0.205. The lowest BCUT2D eigenvalue weighted by molar-refractivity contribution is 0.514. The van der Waals surface area contributed by atoms with Gasteiger partial charge in [0.1, 0.15) is 0 Å². The molecule has 2 rings (SSSR count). The smallest absolute Gasteiger partial charge is 0.0497 e. The molecule has 0 radical (unpaired) electrons. The van der Waals surface area contributed by atoms with Gasteiger partial charge >= 0.3 is 0 Å². The van der Waals surface area contributed by atoms with Crippen molar-refractivity contribution in [2.24, 2.45) is 11.8 Å². The number of hydrogen-bond donors (Lipinski definition) is 2. The average molecular weight is 228 g/mol. The van der Waals surface area contributed by atoms with Gasteiger partial charge in [-0.3, -0.25) is 11.3 Å². The molecule has 0 bridgehead atoms. The largest absolute Gasteiger partial charge is 0.271 e. The van der Waals surface area contributed by atoms with Crippen molar-refractivity contribution in [3.63, 3.8) is 0 Å². The summed E-state index contributed by atoms with van der Waals surface area (Å²) in [7, 11) is 0. The molecule has 1 aliphatic rings. The van der Waals surface area contributed by atoms with Gasteiger partial charge < -0.3 is 0 Å². The van der Waals surface area contributed by atoms with E-state index in [0.29, 0.717) is 5.92 Å². The van der Waals surface area contributed by atoms with Crippen molar-refractivity contribution in [2.75, 3.05) is 0 Å². The van der Waals surface area contributed by atoms with E-state index in [9.17, 15) is 0 Å². The molecule has 90 valence electrons. The number of nitrogens with two attached hydrogens (primary N) is 1. The summed E-state index contributed by atoms with van der Waals surface area (Å²) in [5.41, 5.74) is 5.64. The molecular formula is C15H20N2. The van der Waals surface area contributed by atoms with Crippen molar-refractivity contribution in [3.05, 3.63) is 59.7 Å². The van der Waals surface area contributed by atoms with Gasteiger partial charge in [0.15, 0.2) is 0 Å². The van der Waals surface area contributed by atoms with Crippen LogP contribution in [0.15, 0.2) is 54.1 Å². The minimum Gasteiger partial charge on any atom is -0.271 e. The van der Waals surface area contributed by atoms with Crippen LogP contribution in [-0.2, 0) is 0 Å². The summed E-state index contributed by atoms with van der Waals surface area (Å²) in [5.74, 6) is 6.30. The second kappa shape index (κ2) is 5.80. The summed E-state index contributed by atoms with van der Waals surface area (Å²) in [5, 5.41) is 0. The average Bonchev–Trinajstić information content (AvgIpc) is 2.39. The standard InChI is InChI=1S/C15H20N2/c1-12-7-5-6-10-14(12)11-15(17-16)13-8-3-2-4-9-13/h2-6,8-10,12,15,17H,7,11,16H2,1H3/t12?,15-/m0/s1. The third-order valence-electron chi connectivity index (χ3n) is 3.41. The molecule has 3 N–H and O–H groups in total. The Hall–Kier alpha value is -1.38. The number of benzene rings is 1. The van der Waals surface area contributed by atoms with Crippen molar-refractivity contribution < 1.29 is 0 Å². The van der Waals surface area contributed by atoms with Crippen molar-refractivity contribution in [2.45, 2.75) is 25.8 Å². The zero-order chi connectivity index (χ0) is 12.1. The maximum Gasteiger partial charge on any atom is 0.0497 e. The van der Waals surface area contributed by atoms with E-state index in [1.54, 1.807) is 0 Å². The molecule has 0 fully saturated rings. The van der Waals surface area contributed by atoms with Gasteiger partial charge in [-0.2, -0.15) is 0 Å². The molecule has 1 unspecified atom stereocenters. The van der Waals surface area contributed by atoms with Crippen LogP contribution in [0.5, 0.6) is 0 Å². The van der Waals surface area contributed by atoms with E-state index in [2.05, 4.69) is 54.8 Å². The molecule has 0 amide bonds. The van der Waals surface area contributed by atoms with Gasteiger partial charge in [-0.15, -0.1) is 0 Å². The molecule has 2 nitrogen and oxygen atoms in total. The molecule has 2 atom stereocenters. The fourth-order valence-electron chi connectivity index (χ4n) is 2.25. The van der Waals surface area contributed by atoms with E-state index in [1.165, 1.54) is 11.1 Å². The van der Waals surface area contributed by atoms with Gasteiger partial charge in [0.2, 0.25) is 0 Å². The van der Waals surface area contributed by atoms with Gasteiger partial charge in [0.05, 0.1) is 0 Å². The Morgan fingerprint density at radius 2 is 2.12 bits per heavy atom. The van der Waals surface area contributed by atoms with Crippen LogP contribution in [0.4, 0.5) is 0 Å². The molecule has 17 heavy (non-hydrogen) atoms. The Morgan fingerprint density at radius 3 is 2.76 bits per heavy atom. The molecule has 0 aliphatic heterocycles. The van der Waals surface area contributed by atoms with Gasteiger partial charge in [-0.1, -0.05) is 61.1 Å². The first kappa shape index (κ1) is 12.1. The highest BCUT2D eigenvalue weighted by Gasteiger charge is 2.16. The first-order valence-electron chi connectivity index (χ1n) is 6.18. The molecule has 0 aromatic heterocycles. The monoisotopic (exact) mass is 228 g/mol. The molecule has 1 aromatic rings. The van der Waals surface area contributed by atoms with Gasteiger partial charge in [-0.25, -0.2) is 0 Å². The van der Waals surface area contributed by atoms with Crippen LogP contribution in [0.3, 0.4) is 0 Å². The number of nitrogens with one attached hydrogen (secondary N) is 1. The van der Waals surface area contributed by atoms with Crippen LogP contribution in [0, 0.1) is 5.92 Å². The zero-order valence-electron chi connectivity index (χ0n) is 10.3. The highest BCUT2D eigenvalue weighted by atomic mass is 15.2. The van der Waals surface area contributed by atoms with Crippen molar-refractivity contribution in [1.29, 1.82) is 0 Å². The lowest BCUT2D eigenvalue weighted by Crippen LogP contribution is -2.29. The minimum absolute atomic E-state index is 0.205. The second-order valence-corrected chi connectivity index (χ2v) is 4.64. The van der Waals surface area contributed by atoms with E-state index < -0.39 is 0 Å².